The van der Waals surface area contributed by atoms with Crippen molar-refractivity contribution in [2.75, 3.05) is 46.4 Å². The molecule has 3 amide bonds. The summed E-state index contributed by atoms with van der Waals surface area (Å²) in [5, 5.41) is 5.48. The Labute approximate surface area is 388 Å². The monoisotopic (exact) mass is 928 g/mol. The van der Waals surface area contributed by atoms with Crippen LogP contribution in [0.1, 0.15) is 148 Å². The number of hydrogen-bond donors (Lipinski definition) is 2. The van der Waals surface area contributed by atoms with Gasteiger partial charge in [0.15, 0.2) is 15.6 Å². The number of esters is 1. The Morgan fingerprint density at radius 2 is 1.40 bits per heavy atom. The first-order valence-corrected chi connectivity index (χ1v) is 25.4. The van der Waals surface area contributed by atoms with Crippen molar-refractivity contribution in [3.8, 4) is 22.6 Å². The molecule has 4 bridgehead atoms. The second-order valence-electron chi connectivity index (χ2n) is 18.5. The number of nitrogens with one attached hydrogen (secondary N) is 2. The number of unbranched alkanes of at least 4 members (excludes halogenated alkanes) is 11. The van der Waals surface area contributed by atoms with Gasteiger partial charge in [-0.3, -0.25) is 14.4 Å². The highest BCUT2D eigenvalue weighted by atomic mass is 32.2. The van der Waals surface area contributed by atoms with Gasteiger partial charge >= 0.3 is 12.1 Å². The van der Waals surface area contributed by atoms with Gasteiger partial charge in [0.1, 0.15) is 29.2 Å². The van der Waals surface area contributed by atoms with Crippen LogP contribution < -0.4 is 20.1 Å². The molecular formula is C50H77N3O11S. The summed E-state index contributed by atoms with van der Waals surface area (Å²) in [6, 6.07) is 8.19. The summed E-state index contributed by atoms with van der Waals surface area (Å²) in [6.07, 6.45) is 12.2. The molecule has 0 radical (unpaired) electrons. The Morgan fingerprint density at radius 1 is 0.815 bits per heavy atom. The van der Waals surface area contributed by atoms with Crippen molar-refractivity contribution in [1.82, 2.24) is 15.5 Å². The number of alkyl carbamates (subject to hydrolysis) is 1. The first-order valence-electron chi connectivity index (χ1n) is 23.5. The van der Waals surface area contributed by atoms with Gasteiger partial charge in [-0.1, -0.05) is 96.6 Å². The number of ether oxygens (including phenoxy) is 4. The van der Waals surface area contributed by atoms with Gasteiger partial charge < -0.3 is 34.5 Å². The number of Topliss-reactive ketones (excluding diaryl/α,β-unsaturated/α-hetero) is 1. The molecule has 1 aliphatic heterocycles. The predicted molar refractivity (Wildman–Crippen MR) is 254 cm³/mol. The SMILES string of the molecule is CCCCCCCCCCCCCS(=O)(=O)C[C@@H](CCCCNC(=O)OC(C)(C)C)C(=O)N(C)[C@@H]1C(=O)C[C@@H](C)C(=O)N[C@H](C(=O)OC)Cc2ccc(OC)c(c2)-c2cc1ccc2OC. The molecule has 1 aliphatic rings. The van der Waals surface area contributed by atoms with Crippen molar-refractivity contribution in [2.24, 2.45) is 11.8 Å². The van der Waals surface area contributed by atoms with E-state index in [4.69, 9.17) is 18.9 Å². The zero-order valence-corrected chi connectivity index (χ0v) is 41.4. The van der Waals surface area contributed by atoms with Crippen LogP contribution in [0.25, 0.3) is 11.1 Å². The van der Waals surface area contributed by atoms with Crippen LogP contribution in [0.15, 0.2) is 36.4 Å². The van der Waals surface area contributed by atoms with Gasteiger partial charge in [0.25, 0.3) is 0 Å². The maximum atomic E-state index is 14.8. The molecule has 4 atom stereocenters. The van der Waals surface area contributed by atoms with Crippen molar-refractivity contribution in [3.63, 3.8) is 0 Å². The number of fused-ring (bicyclic) bond motifs is 5. The summed E-state index contributed by atoms with van der Waals surface area (Å²) >= 11 is 0. The van der Waals surface area contributed by atoms with E-state index in [2.05, 4.69) is 17.6 Å². The maximum absolute atomic E-state index is 14.8. The molecule has 0 aliphatic carbocycles. The van der Waals surface area contributed by atoms with Crippen molar-refractivity contribution in [1.29, 1.82) is 0 Å². The number of rotatable bonds is 24. The fourth-order valence-corrected chi connectivity index (χ4v) is 10.0. The van der Waals surface area contributed by atoms with E-state index in [1.807, 2.05) is 6.07 Å². The lowest BCUT2D eigenvalue weighted by Gasteiger charge is -2.32. The van der Waals surface area contributed by atoms with Crippen LogP contribution in [-0.2, 0) is 44.9 Å². The summed E-state index contributed by atoms with van der Waals surface area (Å²) in [4.78, 5) is 69.6. The van der Waals surface area contributed by atoms with Gasteiger partial charge in [-0.05, 0) is 75.4 Å². The number of nitrogens with zero attached hydrogens (tertiary/aromatic N) is 1. The van der Waals surface area contributed by atoms with Crippen LogP contribution >= 0.6 is 0 Å². The first-order chi connectivity index (χ1) is 30.8. The molecule has 14 nitrogen and oxygen atoms in total. The van der Waals surface area contributed by atoms with E-state index < -0.39 is 74.8 Å². The second kappa shape index (κ2) is 27.1. The van der Waals surface area contributed by atoms with Crippen molar-refractivity contribution < 1.29 is 51.3 Å². The minimum Gasteiger partial charge on any atom is -0.496 e. The minimum absolute atomic E-state index is 0.0536. The highest BCUT2D eigenvalue weighted by Gasteiger charge is 2.37. The molecular weight excluding hydrogens is 851 g/mol. The van der Waals surface area contributed by atoms with Gasteiger partial charge in [0, 0.05) is 43.5 Å². The molecule has 0 saturated carbocycles. The zero-order chi connectivity index (χ0) is 48.2. The van der Waals surface area contributed by atoms with Gasteiger partial charge in [0.2, 0.25) is 11.8 Å². The van der Waals surface area contributed by atoms with E-state index in [9.17, 15) is 32.4 Å². The van der Waals surface area contributed by atoms with Gasteiger partial charge in [0.05, 0.1) is 38.8 Å². The van der Waals surface area contributed by atoms with E-state index in [0.29, 0.717) is 53.0 Å². The molecule has 2 N–H and O–H groups in total. The summed E-state index contributed by atoms with van der Waals surface area (Å²) < 4.78 is 49.6. The number of carbonyl (C=O) groups excluding carboxylic acids is 5. The van der Waals surface area contributed by atoms with Gasteiger partial charge in [-0.2, -0.15) is 0 Å². The molecule has 2 aromatic carbocycles. The number of carbonyl (C=O) groups is 5. The molecule has 2 aromatic rings. The van der Waals surface area contributed by atoms with E-state index in [1.54, 1.807) is 58.0 Å². The van der Waals surface area contributed by atoms with Gasteiger partial charge in [-0.25, -0.2) is 18.0 Å². The average molecular weight is 928 g/mol. The molecule has 0 aromatic heterocycles. The van der Waals surface area contributed by atoms with E-state index in [-0.39, 0.29) is 31.6 Å². The third-order valence-electron chi connectivity index (χ3n) is 11.8. The fourth-order valence-electron chi connectivity index (χ4n) is 8.31. The molecule has 3 rings (SSSR count). The van der Waals surface area contributed by atoms with E-state index in [0.717, 1.165) is 25.7 Å². The summed E-state index contributed by atoms with van der Waals surface area (Å²) in [7, 11) is 2.05. The number of sulfone groups is 1. The Balaban J connectivity index is 1.97. The molecule has 15 heteroatoms. The fraction of sp³-hybridized carbons (Fsp3) is 0.660. The Kier molecular flexibility index (Phi) is 22.8. The molecule has 1 heterocycles. The highest BCUT2D eigenvalue weighted by Crippen LogP contribution is 2.40. The number of likely N-dealkylation sites (N-methyl/N-ethyl adjacent to an activating group) is 1. The average Bonchev–Trinajstić information content (AvgIpc) is 3.25. The lowest BCUT2D eigenvalue weighted by Crippen LogP contribution is -2.46. The van der Waals surface area contributed by atoms with Crippen LogP contribution in [0, 0.1) is 11.8 Å². The van der Waals surface area contributed by atoms with Gasteiger partial charge in [-0.15, -0.1) is 0 Å². The summed E-state index contributed by atoms with van der Waals surface area (Å²) in [5.74, 6) is -3.65. The number of methoxy groups -OCH3 is 3. The van der Waals surface area contributed by atoms with E-state index in [1.165, 1.54) is 71.8 Å². The Morgan fingerprint density at radius 3 is 1.98 bits per heavy atom. The van der Waals surface area contributed by atoms with Crippen LogP contribution in [0.3, 0.4) is 0 Å². The van der Waals surface area contributed by atoms with Crippen LogP contribution in [0.2, 0.25) is 0 Å². The normalized spacial score (nSPS) is 17.3. The molecule has 0 fully saturated rings. The van der Waals surface area contributed by atoms with Crippen molar-refractivity contribution in [2.45, 2.75) is 155 Å². The Hall–Kier alpha value is -4.66. The lowest BCUT2D eigenvalue weighted by atomic mass is 9.89. The standard InChI is InChI=1S/C50H77N3O11S/c1-10-11-12-13-14-15-16-17-18-19-22-29-65(59,60)34-38(23-20-21-28-51-49(58)64-50(3,4)5)47(56)53(6)45-37-25-27-44(62-8)40(33-37)39-31-36(24-26-43(39)61-7)32-41(48(57)63-9)52-46(55)35(2)30-42(45)54/h24-27,31,33,35,38,41,45H,10-23,28-30,32,34H2,1-9H3,(H,51,58)(H,52,55)/t35-,38-,41+,45+/m1/s1. The summed E-state index contributed by atoms with van der Waals surface area (Å²) in [6.45, 7) is 9.34. The predicted octanol–water partition coefficient (Wildman–Crippen LogP) is 8.72. The molecule has 0 spiro atoms. The summed E-state index contributed by atoms with van der Waals surface area (Å²) in [5.41, 5.74) is 1.57. The second-order valence-corrected chi connectivity index (χ2v) is 20.7. The largest absolute Gasteiger partial charge is 0.496 e. The number of amides is 3. The number of hydrogen-bond acceptors (Lipinski definition) is 11. The molecule has 364 valence electrons. The van der Waals surface area contributed by atoms with Crippen LogP contribution in [0.4, 0.5) is 4.79 Å². The molecule has 0 saturated heterocycles. The highest BCUT2D eigenvalue weighted by molar-refractivity contribution is 7.91. The molecule has 65 heavy (non-hydrogen) atoms. The minimum atomic E-state index is -3.71. The first kappa shape index (κ1) is 54.7. The zero-order valence-electron chi connectivity index (χ0n) is 40.6. The third-order valence-corrected chi connectivity index (χ3v) is 13.7. The van der Waals surface area contributed by atoms with E-state index >= 15 is 0 Å². The molecule has 0 unspecified atom stereocenters. The topological polar surface area (TPSA) is 184 Å². The van der Waals surface area contributed by atoms with Crippen LogP contribution in [0.5, 0.6) is 11.5 Å². The quantitative estimate of drug-likeness (QED) is 0.0759. The maximum Gasteiger partial charge on any atom is 0.407 e. The number of ketones is 1. The smallest absolute Gasteiger partial charge is 0.407 e. The Bertz CT molecular complexity index is 1980. The number of benzene rings is 2. The lowest BCUT2D eigenvalue weighted by molar-refractivity contribution is -0.146. The third kappa shape index (κ3) is 18.3. The van der Waals surface area contributed by atoms with Crippen molar-refractivity contribution in [3.05, 3.63) is 47.5 Å². The van der Waals surface area contributed by atoms with Crippen molar-refractivity contribution >= 4 is 39.5 Å². The van der Waals surface area contributed by atoms with Crippen LogP contribution in [-0.4, -0.2) is 101 Å².